The monoisotopic (exact) mass is 170 g/mol. The van der Waals surface area contributed by atoms with Crippen molar-refractivity contribution >= 4 is 11.9 Å². The zero-order valence-corrected chi connectivity index (χ0v) is 7.11. The van der Waals surface area contributed by atoms with Crippen molar-refractivity contribution in [3.63, 3.8) is 0 Å². The molecule has 0 aliphatic rings. The van der Waals surface area contributed by atoms with Gasteiger partial charge in [-0.2, -0.15) is 0 Å². The Morgan fingerprint density at radius 3 is 2.75 bits per heavy atom. The predicted octanol–water partition coefficient (Wildman–Crippen LogP) is -0.941. The van der Waals surface area contributed by atoms with Gasteiger partial charge >= 0.3 is 11.9 Å². The summed E-state index contributed by atoms with van der Waals surface area (Å²) in [5.74, 6) is -0.303. The number of aryl methyl sites for hydroxylation is 1. The Balaban J connectivity index is 3.01. The Labute approximate surface area is 70.0 Å². The van der Waals surface area contributed by atoms with Crippen molar-refractivity contribution in [3.8, 4) is 0 Å². The fourth-order valence-electron chi connectivity index (χ4n) is 1.08. The van der Waals surface area contributed by atoms with Gasteiger partial charge in [0.25, 0.3) is 0 Å². The predicted molar refractivity (Wildman–Crippen MR) is 42.3 cm³/mol. The Bertz CT molecular complexity index is 317. The van der Waals surface area contributed by atoms with Gasteiger partial charge in [0.1, 0.15) is 18.3 Å². The lowest BCUT2D eigenvalue weighted by atomic mass is 10.3. The number of aliphatic carboxylic acids is 1. The van der Waals surface area contributed by atoms with Gasteiger partial charge in [-0.05, 0) is 0 Å². The quantitative estimate of drug-likeness (QED) is 0.562. The lowest BCUT2D eigenvalue weighted by molar-refractivity contribution is -0.656. The van der Waals surface area contributed by atoms with Crippen LogP contribution in [0.4, 0.5) is 5.95 Å². The fourth-order valence-corrected chi connectivity index (χ4v) is 1.08. The van der Waals surface area contributed by atoms with Crippen molar-refractivity contribution in [2.24, 2.45) is 14.1 Å². The maximum absolute atomic E-state index is 10.4. The Morgan fingerprint density at radius 2 is 2.42 bits per heavy atom. The van der Waals surface area contributed by atoms with E-state index in [1.807, 2.05) is 0 Å². The number of hydrogen-bond donors (Lipinski definition) is 2. The van der Waals surface area contributed by atoms with E-state index < -0.39 is 5.97 Å². The summed E-state index contributed by atoms with van der Waals surface area (Å²) in [6, 6.07) is 0. The zero-order valence-electron chi connectivity index (χ0n) is 7.11. The first-order valence-corrected chi connectivity index (χ1v) is 3.54. The van der Waals surface area contributed by atoms with E-state index in [1.54, 1.807) is 29.4 Å². The molecule has 3 N–H and O–H groups in total. The number of hydrogen-bond acceptors (Lipinski definition) is 2. The van der Waals surface area contributed by atoms with Crippen molar-refractivity contribution in [2.45, 2.75) is 6.42 Å². The number of nitrogens with two attached hydrogens (primary N) is 1. The molecule has 66 valence electrons. The number of nitrogen functional groups attached to an aromatic ring is 1. The average molecular weight is 170 g/mol. The highest BCUT2D eigenvalue weighted by Crippen LogP contribution is 2.02. The van der Waals surface area contributed by atoms with E-state index in [1.165, 1.54) is 0 Å². The summed E-state index contributed by atoms with van der Waals surface area (Å²) < 4.78 is 3.35. The van der Waals surface area contributed by atoms with E-state index in [-0.39, 0.29) is 6.42 Å². The van der Waals surface area contributed by atoms with Crippen LogP contribution in [-0.4, -0.2) is 15.6 Å². The van der Waals surface area contributed by atoms with Crippen LogP contribution in [0.25, 0.3) is 0 Å². The van der Waals surface area contributed by atoms with E-state index in [0.717, 1.165) is 0 Å². The van der Waals surface area contributed by atoms with E-state index >= 15 is 0 Å². The zero-order chi connectivity index (χ0) is 9.30. The molecule has 0 fully saturated rings. The fraction of sp³-hybridized carbons (Fsp3) is 0.429. The molecule has 0 bridgehead atoms. The van der Waals surface area contributed by atoms with Gasteiger partial charge in [0.15, 0.2) is 0 Å². The van der Waals surface area contributed by atoms with Crippen molar-refractivity contribution in [2.75, 3.05) is 5.73 Å². The van der Waals surface area contributed by atoms with Gasteiger partial charge in [-0.15, -0.1) is 0 Å². The standard InChI is InChI=1S/C7H11N3O2/c1-9-4-5(3-6(11)12)10(2)7(9)8/h4,8H,3H2,1-2H3,(H,11,12)/p+1. The molecule has 0 saturated heterocycles. The van der Waals surface area contributed by atoms with Crippen LogP contribution in [-0.2, 0) is 25.3 Å². The molecule has 0 saturated carbocycles. The lowest BCUT2D eigenvalue weighted by Gasteiger charge is -1.92. The van der Waals surface area contributed by atoms with Crippen LogP contribution in [0, 0.1) is 0 Å². The van der Waals surface area contributed by atoms with Crippen LogP contribution in [0.15, 0.2) is 6.20 Å². The Hall–Kier alpha value is -1.52. The number of imidazole rings is 1. The van der Waals surface area contributed by atoms with Gasteiger partial charge in [-0.1, -0.05) is 0 Å². The van der Waals surface area contributed by atoms with Gasteiger partial charge in [-0.3, -0.25) is 10.5 Å². The van der Waals surface area contributed by atoms with Crippen molar-refractivity contribution in [3.05, 3.63) is 11.9 Å². The summed E-state index contributed by atoms with van der Waals surface area (Å²) in [4.78, 5) is 10.4. The molecule has 1 rings (SSSR count). The first-order valence-electron chi connectivity index (χ1n) is 3.54. The highest BCUT2D eigenvalue weighted by atomic mass is 16.4. The third-order valence-electron chi connectivity index (χ3n) is 1.81. The molecule has 1 aromatic heterocycles. The minimum absolute atomic E-state index is 0.00153. The minimum atomic E-state index is -0.851. The van der Waals surface area contributed by atoms with Crippen LogP contribution in [0.1, 0.15) is 5.69 Å². The van der Waals surface area contributed by atoms with Crippen molar-refractivity contribution < 1.29 is 14.5 Å². The first-order chi connectivity index (χ1) is 5.52. The largest absolute Gasteiger partial charge is 0.481 e. The number of carboxylic acid groups (broad SMARTS) is 1. The Kier molecular flexibility index (Phi) is 2.03. The molecule has 1 aromatic rings. The van der Waals surface area contributed by atoms with Gasteiger partial charge in [0, 0.05) is 0 Å². The summed E-state index contributed by atoms with van der Waals surface area (Å²) in [5.41, 5.74) is 6.31. The molecule has 5 heteroatoms. The number of anilines is 1. The number of nitrogens with zero attached hydrogens (tertiary/aromatic N) is 2. The lowest BCUT2D eigenvalue weighted by Crippen LogP contribution is -2.29. The maximum atomic E-state index is 10.4. The molecule has 1 heterocycles. The van der Waals surface area contributed by atoms with Crippen LogP contribution in [0.5, 0.6) is 0 Å². The number of carboxylic acids is 1. The molecular formula is C7H12N3O2+. The number of rotatable bonds is 2. The van der Waals surface area contributed by atoms with E-state index in [2.05, 4.69) is 0 Å². The minimum Gasteiger partial charge on any atom is -0.481 e. The van der Waals surface area contributed by atoms with Crippen molar-refractivity contribution in [1.29, 1.82) is 0 Å². The molecule has 0 atom stereocenters. The van der Waals surface area contributed by atoms with Gasteiger partial charge in [-0.25, -0.2) is 9.13 Å². The van der Waals surface area contributed by atoms with Crippen molar-refractivity contribution in [1.82, 2.24) is 4.57 Å². The SMILES string of the molecule is Cn1c(CC(=O)O)c[n+](C)c1N. The summed E-state index contributed by atoms with van der Waals surface area (Å²) in [7, 11) is 3.52. The second-order valence-corrected chi connectivity index (χ2v) is 2.72. The third kappa shape index (κ3) is 1.39. The van der Waals surface area contributed by atoms with E-state index in [9.17, 15) is 4.79 Å². The van der Waals surface area contributed by atoms with E-state index in [4.69, 9.17) is 10.8 Å². The molecule has 5 nitrogen and oxygen atoms in total. The molecule has 0 spiro atoms. The second kappa shape index (κ2) is 2.84. The average Bonchev–Trinajstić information content (AvgIpc) is 2.17. The van der Waals surface area contributed by atoms with Gasteiger partial charge < -0.3 is 5.11 Å². The topological polar surface area (TPSA) is 72.1 Å². The molecular weight excluding hydrogens is 158 g/mol. The molecule has 12 heavy (non-hydrogen) atoms. The molecule has 0 aliphatic heterocycles. The summed E-state index contributed by atoms with van der Waals surface area (Å²) in [5, 5.41) is 8.53. The number of aromatic nitrogens is 2. The molecule has 0 aromatic carbocycles. The second-order valence-electron chi connectivity index (χ2n) is 2.72. The molecule has 0 amide bonds. The van der Waals surface area contributed by atoms with Gasteiger partial charge in [0.2, 0.25) is 0 Å². The third-order valence-corrected chi connectivity index (χ3v) is 1.81. The summed E-state index contributed by atoms with van der Waals surface area (Å²) >= 11 is 0. The molecule has 0 aliphatic carbocycles. The van der Waals surface area contributed by atoms with Crippen LogP contribution < -0.4 is 10.3 Å². The Morgan fingerprint density at radius 1 is 1.83 bits per heavy atom. The number of carbonyl (C=O) groups is 1. The van der Waals surface area contributed by atoms with Gasteiger partial charge in [0.05, 0.1) is 14.1 Å². The first kappa shape index (κ1) is 8.58. The normalized spacial score (nSPS) is 10.2. The van der Waals surface area contributed by atoms with Crippen LogP contribution in [0.3, 0.4) is 0 Å². The highest BCUT2D eigenvalue weighted by Gasteiger charge is 2.15. The highest BCUT2D eigenvalue weighted by molar-refractivity contribution is 5.69. The molecule has 0 unspecified atom stereocenters. The summed E-state index contributed by atoms with van der Waals surface area (Å²) in [6.07, 6.45) is 1.71. The molecule has 0 radical (unpaired) electrons. The summed E-state index contributed by atoms with van der Waals surface area (Å²) in [6.45, 7) is 0. The van der Waals surface area contributed by atoms with E-state index in [0.29, 0.717) is 11.6 Å². The smallest absolute Gasteiger partial charge is 0.354 e. The van der Waals surface area contributed by atoms with Crippen LogP contribution >= 0.6 is 0 Å². The maximum Gasteiger partial charge on any atom is 0.354 e. The van der Waals surface area contributed by atoms with Crippen LogP contribution in [0.2, 0.25) is 0 Å².